The highest BCUT2D eigenvalue weighted by molar-refractivity contribution is 6.33. The lowest BCUT2D eigenvalue weighted by molar-refractivity contribution is 0.0924. The normalized spacial score (nSPS) is 12.5. The molecule has 0 saturated heterocycles. The molecule has 0 radical (unpaired) electrons. The van der Waals surface area contributed by atoms with Gasteiger partial charge < -0.3 is 16.2 Å². The summed E-state index contributed by atoms with van der Waals surface area (Å²) in [5.74, 6) is 0.0149. The molecule has 5 heteroatoms. The minimum atomic E-state index is -0.289. The first-order valence-electron chi connectivity index (χ1n) is 5.95. The van der Waals surface area contributed by atoms with Crippen LogP contribution in [0.2, 0.25) is 5.02 Å². The summed E-state index contributed by atoms with van der Waals surface area (Å²) >= 11 is 5.93. The summed E-state index contributed by atoms with van der Waals surface area (Å²) in [6.45, 7) is 4.55. The second-order valence-corrected chi connectivity index (χ2v) is 4.97. The molecule has 4 nitrogen and oxygen atoms in total. The molecule has 0 aliphatic rings. The van der Waals surface area contributed by atoms with E-state index >= 15 is 0 Å². The fourth-order valence-electron chi connectivity index (χ4n) is 1.69. The zero-order valence-electron chi connectivity index (χ0n) is 10.6. The van der Waals surface area contributed by atoms with Gasteiger partial charge in [0.25, 0.3) is 5.91 Å². The maximum Gasteiger partial charge on any atom is 0.253 e. The van der Waals surface area contributed by atoms with Crippen LogP contribution in [-0.2, 0) is 0 Å². The van der Waals surface area contributed by atoms with Gasteiger partial charge >= 0.3 is 0 Å². The number of rotatable bonds is 5. The van der Waals surface area contributed by atoms with Crippen LogP contribution in [0.4, 0.5) is 0 Å². The van der Waals surface area contributed by atoms with Gasteiger partial charge in [0, 0.05) is 6.04 Å². The standard InChI is InChI=1S/C13H19ClN2O2/c1-8(2)12(5-6-15)16-13(18)10-7-9(17)3-4-11(10)14/h3-4,7-8,12,17H,5-6,15H2,1-2H3,(H,16,18). The summed E-state index contributed by atoms with van der Waals surface area (Å²) in [5, 5.41) is 12.6. The van der Waals surface area contributed by atoms with Crippen molar-refractivity contribution in [3.63, 3.8) is 0 Å². The van der Waals surface area contributed by atoms with Gasteiger partial charge in [-0.15, -0.1) is 0 Å². The molecule has 100 valence electrons. The first kappa shape index (κ1) is 14.8. The molecule has 1 aromatic carbocycles. The summed E-state index contributed by atoms with van der Waals surface area (Å²) in [5.41, 5.74) is 5.80. The zero-order valence-corrected chi connectivity index (χ0v) is 11.4. The molecule has 0 bridgehead atoms. The average Bonchev–Trinajstić information content (AvgIpc) is 2.31. The van der Waals surface area contributed by atoms with Gasteiger partial charge in [-0.05, 0) is 37.1 Å². The largest absolute Gasteiger partial charge is 0.508 e. The lowest BCUT2D eigenvalue weighted by Gasteiger charge is -2.22. The quantitative estimate of drug-likeness (QED) is 0.767. The van der Waals surface area contributed by atoms with Crippen molar-refractivity contribution in [2.75, 3.05) is 6.54 Å². The van der Waals surface area contributed by atoms with Crippen LogP contribution < -0.4 is 11.1 Å². The Balaban J connectivity index is 2.83. The van der Waals surface area contributed by atoms with Crippen molar-refractivity contribution < 1.29 is 9.90 Å². The molecule has 0 fully saturated rings. The maximum absolute atomic E-state index is 12.1. The van der Waals surface area contributed by atoms with Crippen molar-refractivity contribution >= 4 is 17.5 Å². The summed E-state index contributed by atoms with van der Waals surface area (Å²) in [4.78, 5) is 12.1. The molecule has 1 aromatic rings. The van der Waals surface area contributed by atoms with E-state index in [-0.39, 0.29) is 29.2 Å². The van der Waals surface area contributed by atoms with Gasteiger partial charge in [0.15, 0.2) is 0 Å². The Morgan fingerprint density at radius 1 is 1.50 bits per heavy atom. The number of aromatic hydroxyl groups is 1. The number of carbonyl (C=O) groups excluding carboxylic acids is 1. The Labute approximate surface area is 112 Å². The van der Waals surface area contributed by atoms with E-state index in [9.17, 15) is 9.90 Å². The summed E-state index contributed by atoms with van der Waals surface area (Å²) in [6.07, 6.45) is 0.708. The zero-order chi connectivity index (χ0) is 13.7. The molecule has 1 unspecified atom stereocenters. The third-order valence-electron chi connectivity index (χ3n) is 2.79. The number of amides is 1. The Kier molecular flexibility index (Phi) is 5.44. The van der Waals surface area contributed by atoms with Gasteiger partial charge in [-0.3, -0.25) is 4.79 Å². The second-order valence-electron chi connectivity index (χ2n) is 4.57. The van der Waals surface area contributed by atoms with E-state index in [1.807, 2.05) is 13.8 Å². The fraction of sp³-hybridized carbons (Fsp3) is 0.462. The number of hydrogen-bond acceptors (Lipinski definition) is 3. The summed E-state index contributed by atoms with van der Waals surface area (Å²) < 4.78 is 0. The van der Waals surface area contributed by atoms with Gasteiger partial charge in [0.05, 0.1) is 10.6 Å². The lowest BCUT2D eigenvalue weighted by atomic mass is 10.0. The van der Waals surface area contributed by atoms with Crippen molar-refractivity contribution in [3.8, 4) is 5.75 Å². The smallest absolute Gasteiger partial charge is 0.253 e. The molecular weight excluding hydrogens is 252 g/mol. The van der Waals surface area contributed by atoms with Gasteiger partial charge in [0.1, 0.15) is 5.75 Å². The van der Waals surface area contributed by atoms with Crippen molar-refractivity contribution in [1.82, 2.24) is 5.32 Å². The molecule has 0 aliphatic heterocycles. The third-order valence-corrected chi connectivity index (χ3v) is 3.12. The van der Waals surface area contributed by atoms with Crippen LogP contribution in [0.15, 0.2) is 18.2 Å². The Bertz CT molecular complexity index is 421. The average molecular weight is 271 g/mol. The first-order chi connectivity index (χ1) is 8.45. The van der Waals surface area contributed by atoms with E-state index in [0.29, 0.717) is 18.0 Å². The fourth-order valence-corrected chi connectivity index (χ4v) is 1.89. The van der Waals surface area contributed by atoms with Crippen LogP contribution in [-0.4, -0.2) is 23.6 Å². The van der Waals surface area contributed by atoms with Crippen molar-refractivity contribution in [3.05, 3.63) is 28.8 Å². The predicted octanol–water partition coefficient (Wildman–Crippen LogP) is 2.15. The summed E-state index contributed by atoms with van der Waals surface area (Å²) in [6, 6.07) is 4.30. The molecule has 0 aliphatic carbocycles. The molecule has 1 atom stereocenters. The Hall–Kier alpha value is -1.26. The molecule has 0 heterocycles. The maximum atomic E-state index is 12.1. The number of benzene rings is 1. The van der Waals surface area contributed by atoms with E-state index in [0.717, 1.165) is 0 Å². The molecule has 0 spiro atoms. The van der Waals surface area contributed by atoms with Crippen molar-refractivity contribution in [1.29, 1.82) is 0 Å². The number of hydrogen-bond donors (Lipinski definition) is 3. The minimum absolute atomic E-state index is 0.000848. The number of phenols is 1. The van der Waals surface area contributed by atoms with E-state index < -0.39 is 0 Å². The highest BCUT2D eigenvalue weighted by Crippen LogP contribution is 2.21. The SMILES string of the molecule is CC(C)C(CCN)NC(=O)c1cc(O)ccc1Cl. The molecular formula is C13H19ClN2O2. The van der Waals surface area contributed by atoms with E-state index in [4.69, 9.17) is 17.3 Å². The minimum Gasteiger partial charge on any atom is -0.508 e. The molecule has 0 aromatic heterocycles. The van der Waals surface area contributed by atoms with Crippen molar-refractivity contribution in [2.45, 2.75) is 26.3 Å². The van der Waals surface area contributed by atoms with Crippen LogP contribution >= 0.6 is 11.6 Å². The Morgan fingerprint density at radius 2 is 2.17 bits per heavy atom. The van der Waals surface area contributed by atoms with Gasteiger partial charge in [-0.1, -0.05) is 25.4 Å². The number of nitrogens with two attached hydrogens (primary N) is 1. The van der Waals surface area contributed by atoms with Gasteiger partial charge in [-0.2, -0.15) is 0 Å². The molecule has 0 saturated carbocycles. The second kappa shape index (κ2) is 6.61. The number of halogens is 1. The molecule has 1 rings (SSSR count). The van der Waals surface area contributed by atoms with E-state index in [1.165, 1.54) is 18.2 Å². The topological polar surface area (TPSA) is 75.3 Å². The van der Waals surface area contributed by atoms with Crippen LogP contribution in [0.1, 0.15) is 30.6 Å². The number of carbonyl (C=O) groups is 1. The molecule has 4 N–H and O–H groups in total. The Morgan fingerprint density at radius 3 is 2.72 bits per heavy atom. The lowest BCUT2D eigenvalue weighted by Crippen LogP contribution is -2.40. The highest BCUT2D eigenvalue weighted by Gasteiger charge is 2.18. The number of phenolic OH excluding ortho intramolecular Hbond substituents is 1. The van der Waals surface area contributed by atoms with Crippen LogP contribution in [0.3, 0.4) is 0 Å². The molecule has 1 amide bonds. The van der Waals surface area contributed by atoms with E-state index in [1.54, 1.807) is 0 Å². The summed E-state index contributed by atoms with van der Waals surface area (Å²) in [7, 11) is 0. The van der Waals surface area contributed by atoms with Crippen LogP contribution in [0.25, 0.3) is 0 Å². The first-order valence-corrected chi connectivity index (χ1v) is 6.33. The third kappa shape index (κ3) is 3.89. The van der Waals surface area contributed by atoms with Gasteiger partial charge in [-0.25, -0.2) is 0 Å². The molecule has 18 heavy (non-hydrogen) atoms. The monoisotopic (exact) mass is 270 g/mol. The highest BCUT2D eigenvalue weighted by atomic mass is 35.5. The number of nitrogens with one attached hydrogen (secondary N) is 1. The van der Waals surface area contributed by atoms with Crippen LogP contribution in [0.5, 0.6) is 5.75 Å². The van der Waals surface area contributed by atoms with Crippen molar-refractivity contribution in [2.24, 2.45) is 11.7 Å². The van der Waals surface area contributed by atoms with E-state index in [2.05, 4.69) is 5.32 Å². The van der Waals surface area contributed by atoms with Gasteiger partial charge in [0.2, 0.25) is 0 Å². The predicted molar refractivity (Wildman–Crippen MR) is 72.9 cm³/mol. The van der Waals surface area contributed by atoms with Crippen LogP contribution in [0, 0.1) is 5.92 Å².